The number of rotatable bonds is 2. The molecule has 2 rings (SSSR count). The molecular formula is C12H13N3O. The Kier molecular flexibility index (Phi) is 2.64. The fourth-order valence-corrected chi connectivity index (χ4v) is 1.58. The second-order valence-corrected chi connectivity index (χ2v) is 3.44. The Balaban J connectivity index is 2.56. The molecule has 0 spiro atoms. The van der Waals surface area contributed by atoms with E-state index in [1.165, 1.54) is 0 Å². The molecule has 2 aromatic carbocycles. The summed E-state index contributed by atoms with van der Waals surface area (Å²) < 4.78 is 5.15. The zero-order chi connectivity index (χ0) is 11.5. The van der Waals surface area contributed by atoms with Crippen LogP contribution in [0.2, 0.25) is 0 Å². The number of methoxy groups -OCH3 is 1. The predicted octanol–water partition coefficient (Wildman–Crippen LogP) is 1.43. The van der Waals surface area contributed by atoms with Crippen molar-refractivity contribution in [1.29, 1.82) is 0 Å². The monoisotopic (exact) mass is 215 g/mol. The van der Waals surface area contributed by atoms with Crippen molar-refractivity contribution in [1.82, 2.24) is 0 Å². The number of amidine groups is 1. The third-order valence-corrected chi connectivity index (χ3v) is 2.48. The molecule has 0 radical (unpaired) electrons. The summed E-state index contributed by atoms with van der Waals surface area (Å²) in [5, 5.41) is 5.63. The molecule has 0 atom stereocenters. The van der Waals surface area contributed by atoms with E-state index in [1.807, 2.05) is 36.4 Å². The number of nitrogens with two attached hydrogens (primary N) is 2. The van der Waals surface area contributed by atoms with Gasteiger partial charge in [-0.25, -0.2) is 0 Å². The Labute approximate surface area is 93.5 Å². The number of fused-ring (bicyclic) bond motifs is 1. The highest BCUT2D eigenvalue weighted by molar-refractivity contribution is 6.01. The first-order valence-corrected chi connectivity index (χ1v) is 4.86. The lowest BCUT2D eigenvalue weighted by Gasteiger charge is -2.04. The van der Waals surface area contributed by atoms with E-state index in [1.54, 1.807) is 7.11 Å². The van der Waals surface area contributed by atoms with E-state index >= 15 is 0 Å². The molecular weight excluding hydrogens is 202 g/mol. The average molecular weight is 215 g/mol. The maximum absolute atomic E-state index is 5.64. The molecule has 0 unspecified atom stereocenters. The van der Waals surface area contributed by atoms with Gasteiger partial charge in [-0.05, 0) is 29.0 Å². The molecule has 0 aliphatic rings. The maximum Gasteiger partial charge on any atom is 0.150 e. The summed E-state index contributed by atoms with van der Waals surface area (Å²) in [6.45, 7) is 0. The predicted molar refractivity (Wildman–Crippen MR) is 65.4 cm³/mol. The second-order valence-electron chi connectivity index (χ2n) is 3.44. The first-order valence-electron chi connectivity index (χ1n) is 4.86. The lowest BCUT2D eigenvalue weighted by Crippen LogP contribution is -2.15. The van der Waals surface area contributed by atoms with Crippen molar-refractivity contribution in [2.75, 3.05) is 7.11 Å². The molecule has 0 saturated carbocycles. The van der Waals surface area contributed by atoms with Crippen molar-refractivity contribution in [2.45, 2.75) is 0 Å². The van der Waals surface area contributed by atoms with E-state index < -0.39 is 0 Å². The number of hydrazone groups is 1. The summed E-state index contributed by atoms with van der Waals surface area (Å²) in [5.74, 6) is 6.30. The molecule has 4 N–H and O–H groups in total. The first-order chi connectivity index (χ1) is 7.74. The smallest absolute Gasteiger partial charge is 0.150 e. The van der Waals surface area contributed by atoms with Gasteiger partial charge in [-0.1, -0.05) is 18.2 Å². The van der Waals surface area contributed by atoms with Gasteiger partial charge in [-0.3, -0.25) is 0 Å². The fraction of sp³-hybridized carbons (Fsp3) is 0.0833. The van der Waals surface area contributed by atoms with Crippen LogP contribution < -0.4 is 16.3 Å². The van der Waals surface area contributed by atoms with Crippen molar-refractivity contribution in [3.8, 4) is 5.75 Å². The zero-order valence-corrected chi connectivity index (χ0v) is 8.97. The zero-order valence-electron chi connectivity index (χ0n) is 8.97. The summed E-state index contributed by atoms with van der Waals surface area (Å²) >= 11 is 0. The lowest BCUT2D eigenvalue weighted by atomic mass is 10.1. The van der Waals surface area contributed by atoms with Crippen LogP contribution in [0.1, 0.15) is 5.56 Å². The summed E-state index contributed by atoms with van der Waals surface area (Å²) in [7, 11) is 1.65. The Morgan fingerprint density at radius 1 is 1.12 bits per heavy atom. The second kappa shape index (κ2) is 4.10. The topological polar surface area (TPSA) is 73.6 Å². The minimum atomic E-state index is 0.331. The quantitative estimate of drug-likeness (QED) is 0.344. The number of benzene rings is 2. The van der Waals surface area contributed by atoms with Crippen LogP contribution in [-0.4, -0.2) is 12.9 Å². The van der Waals surface area contributed by atoms with Crippen LogP contribution in [0.25, 0.3) is 10.8 Å². The molecule has 0 amide bonds. The summed E-state index contributed by atoms with van der Waals surface area (Å²) in [6.07, 6.45) is 0. The molecule has 0 saturated heterocycles. The van der Waals surface area contributed by atoms with Crippen LogP contribution in [-0.2, 0) is 0 Å². The van der Waals surface area contributed by atoms with E-state index in [4.69, 9.17) is 16.3 Å². The van der Waals surface area contributed by atoms with Gasteiger partial charge in [-0.15, -0.1) is 0 Å². The van der Waals surface area contributed by atoms with Gasteiger partial charge in [0.05, 0.1) is 7.11 Å². The molecule has 0 aromatic heterocycles. The molecule has 16 heavy (non-hydrogen) atoms. The highest BCUT2D eigenvalue weighted by Crippen LogP contribution is 2.21. The van der Waals surface area contributed by atoms with E-state index in [0.29, 0.717) is 5.84 Å². The van der Waals surface area contributed by atoms with Crippen molar-refractivity contribution in [3.63, 3.8) is 0 Å². The Bertz CT molecular complexity index is 549. The number of hydrogen-bond donors (Lipinski definition) is 2. The van der Waals surface area contributed by atoms with Crippen molar-refractivity contribution < 1.29 is 4.74 Å². The number of hydrogen-bond acceptors (Lipinski definition) is 3. The first kappa shape index (κ1) is 10.3. The molecule has 0 heterocycles. The third-order valence-electron chi connectivity index (χ3n) is 2.48. The SMILES string of the molecule is COc1ccc2cc(/C(N)=N/N)ccc2c1. The summed E-state index contributed by atoms with van der Waals surface area (Å²) in [6, 6.07) is 11.6. The van der Waals surface area contributed by atoms with Gasteiger partial charge in [0.1, 0.15) is 11.6 Å². The molecule has 0 bridgehead atoms. The standard InChI is InChI=1S/C12H13N3O/c1-16-11-5-4-8-6-10(12(13)15-14)3-2-9(8)7-11/h2-7H,14H2,1H3,(H2,13,15). The largest absolute Gasteiger partial charge is 0.497 e. The molecule has 2 aromatic rings. The van der Waals surface area contributed by atoms with Crippen molar-refractivity contribution in [3.05, 3.63) is 42.0 Å². The van der Waals surface area contributed by atoms with Gasteiger partial charge in [0.15, 0.2) is 0 Å². The minimum absolute atomic E-state index is 0.331. The highest BCUT2D eigenvalue weighted by Gasteiger charge is 2.01. The van der Waals surface area contributed by atoms with Crippen LogP contribution in [0.4, 0.5) is 0 Å². The van der Waals surface area contributed by atoms with Gasteiger partial charge >= 0.3 is 0 Å². The molecule has 82 valence electrons. The van der Waals surface area contributed by atoms with E-state index in [2.05, 4.69) is 5.10 Å². The lowest BCUT2D eigenvalue weighted by molar-refractivity contribution is 0.415. The fourth-order valence-electron chi connectivity index (χ4n) is 1.58. The molecule has 0 aliphatic carbocycles. The van der Waals surface area contributed by atoms with Crippen LogP contribution >= 0.6 is 0 Å². The Morgan fingerprint density at radius 3 is 2.50 bits per heavy atom. The molecule has 0 aliphatic heterocycles. The van der Waals surface area contributed by atoms with Crippen molar-refractivity contribution in [2.24, 2.45) is 16.7 Å². The van der Waals surface area contributed by atoms with Gasteiger partial charge < -0.3 is 16.3 Å². The number of nitrogens with zero attached hydrogens (tertiary/aromatic N) is 1. The van der Waals surface area contributed by atoms with Gasteiger partial charge in [0.25, 0.3) is 0 Å². The number of ether oxygens (including phenoxy) is 1. The van der Waals surface area contributed by atoms with E-state index in [0.717, 1.165) is 22.1 Å². The highest BCUT2D eigenvalue weighted by atomic mass is 16.5. The van der Waals surface area contributed by atoms with Gasteiger partial charge in [-0.2, -0.15) is 5.10 Å². The van der Waals surface area contributed by atoms with Crippen LogP contribution in [0.3, 0.4) is 0 Å². The van der Waals surface area contributed by atoms with Crippen molar-refractivity contribution >= 4 is 16.6 Å². The van der Waals surface area contributed by atoms with Gasteiger partial charge in [0.2, 0.25) is 0 Å². The van der Waals surface area contributed by atoms with E-state index in [-0.39, 0.29) is 0 Å². The van der Waals surface area contributed by atoms with Crippen LogP contribution in [0, 0.1) is 0 Å². The van der Waals surface area contributed by atoms with E-state index in [9.17, 15) is 0 Å². The van der Waals surface area contributed by atoms with Crippen LogP contribution in [0.5, 0.6) is 5.75 Å². The Morgan fingerprint density at radius 2 is 1.81 bits per heavy atom. The maximum atomic E-state index is 5.64. The molecule has 0 fully saturated rings. The average Bonchev–Trinajstić information content (AvgIpc) is 2.36. The summed E-state index contributed by atoms with van der Waals surface area (Å²) in [4.78, 5) is 0. The summed E-state index contributed by atoms with van der Waals surface area (Å²) in [5.41, 5.74) is 6.46. The Hall–Kier alpha value is -2.23. The molecule has 4 heteroatoms. The minimum Gasteiger partial charge on any atom is -0.497 e. The van der Waals surface area contributed by atoms with Gasteiger partial charge in [0, 0.05) is 5.56 Å². The van der Waals surface area contributed by atoms with Crippen LogP contribution in [0.15, 0.2) is 41.5 Å². The molecule has 4 nitrogen and oxygen atoms in total. The third kappa shape index (κ3) is 1.77. The normalized spacial score (nSPS) is 11.7.